The summed E-state index contributed by atoms with van der Waals surface area (Å²) in [6.45, 7) is 2.39. The number of piperazine rings is 1. The lowest BCUT2D eigenvalue weighted by atomic mass is 10.1. The number of Topliss-reactive ketones (excluding diaryl/α,β-unsaturated/α-hetero) is 1. The summed E-state index contributed by atoms with van der Waals surface area (Å²) in [5.41, 5.74) is 0. The quantitative estimate of drug-likeness (QED) is 0.248. The Kier molecular flexibility index (Phi) is 8.80. The van der Waals surface area contributed by atoms with Crippen LogP contribution < -0.4 is 5.32 Å². The molecule has 2 amide bonds. The van der Waals surface area contributed by atoms with Crippen molar-refractivity contribution >= 4 is 52.5 Å². The number of unbranched alkanes of at least 4 members (excludes halogenated alkanes) is 1. The van der Waals surface area contributed by atoms with E-state index in [4.69, 9.17) is 0 Å². The summed E-state index contributed by atoms with van der Waals surface area (Å²) in [7, 11) is 0. The summed E-state index contributed by atoms with van der Waals surface area (Å²) in [5.74, 6) is -0.184. The van der Waals surface area contributed by atoms with Crippen molar-refractivity contribution in [1.82, 2.24) is 14.8 Å². The van der Waals surface area contributed by atoms with E-state index >= 15 is 0 Å². The number of ketones is 1. The fraction of sp³-hybridized carbons (Fsp3) is 0.625. The lowest BCUT2D eigenvalue weighted by Gasteiger charge is -2.34. The van der Waals surface area contributed by atoms with Crippen LogP contribution in [-0.2, 0) is 14.4 Å². The molecule has 0 spiro atoms. The maximum Gasteiger partial charge on any atom is 0.376 e. The van der Waals surface area contributed by atoms with Crippen molar-refractivity contribution in [3.63, 3.8) is 0 Å². The third-order valence-corrected chi connectivity index (χ3v) is 5.39. The van der Waals surface area contributed by atoms with Gasteiger partial charge in [-0.3, -0.25) is 24.6 Å². The molecule has 0 atom stereocenters. The Morgan fingerprint density at radius 2 is 1.89 bits per heavy atom. The number of carbonyl (C=O) groups is 3. The Labute approximate surface area is 171 Å². The molecular weight excluding hydrogens is 406 g/mol. The van der Waals surface area contributed by atoms with Crippen LogP contribution in [-0.4, -0.2) is 75.8 Å². The van der Waals surface area contributed by atoms with Gasteiger partial charge in [-0.15, -0.1) is 0 Å². The van der Waals surface area contributed by atoms with E-state index in [9.17, 15) is 24.5 Å². The van der Waals surface area contributed by atoms with Gasteiger partial charge in [0.1, 0.15) is 5.78 Å². The minimum absolute atomic E-state index is 0.0671. The highest BCUT2D eigenvalue weighted by Gasteiger charge is 2.23. The Morgan fingerprint density at radius 3 is 2.50 bits per heavy atom. The minimum atomic E-state index is -0.610. The number of nitro groups is 1. The molecule has 1 aliphatic rings. The Morgan fingerprint density at radius 1 is 1.21 bits per heavy atom. The predicted octanol–water partition coefficient (Wildman–Crippen LogP) is 1.19. The van der Waals surface area contributed by atoms with Crippen LogP contribution in [0.25, 0.3) is 0 Å². The summed E-state index contributed by atoms with van der Waals surface area (Å²) in [6.07, 6.45) is 2.26. The molecule has 154 valence electrons. The van der Waals surface area contributed by atoms with Gasteiger partial charge in [-0.2, -0.15) is 12.6 Å². The lowest BCUT2D eigenvalue weighted by Crippen LogP contribution is -2.50. The van der Waals surface area contributed by atoms with E-state index in [2.05, 4.69) is 22.9 Å². The minimum Gasteiger partial charge on any atom is -0.358 e. The SMILES string of the molecule is O=C(CS)CCCCC(=O)N1CCN(CC(=O)Nc2nc([N+](=O)[O-])cs2)CC1. The molecule has 1 saturated heterocycles. The highest BCUT2D eigenvalue weighted by molar-refractivity contribution is 7.81. The molecule has 0 unspecified atom stereocenters. The summed E-state index contributed by atoms with van der Waals surface area (Å²) >= 11 is 4.93. The van der Waals surface area contributed by atoms with E-state index < -0.39 is 4.92 Å². The highest BCUT2D eigenvalue weighted by atomic mass is 32.1. The van der Waals surface area contributed by atoms with Crippen molar-refractivity contribution in [2.75, 3.05) is 43.8 Å². The predicted molar refractivity (Wildman–Crippen MR) is 108 cm³/mol. The molecule has 10 nitrogen and oxygen atoms in total. The fourth-order valence-corrected chi connectivity index (χ4v) is 3.59. The molecular formula is C16H23N5O5S2. The van der Waals surface area contributed by atoms with Gasteiger partial charge in [-0.25, -0.2) is 0 Å². The van der Waals surface area contributed by atoms with Crippen LogP contribution in [0.1, 0.15) is 25.7 Å². The number of thiazole rings is 1. The molecule has 0 bridgehead atoms. The zero-order chi connectivity index (χ0) is 20.5. The second kappa shape index (κ2) is 11.1. The van der Waals surface area contributed by atoms with Gasteiger partial charge >= 0.3 is 10.9 Å². The standard InChI is InChI=1S/C16H23N5O5S2/c22-12(10-27)3-1-2-4-15(24)20-7-5-19(6-8-20)9-14(23)18-16-17-13(11-28-16)21(25)26/h11,27H,1-10H2,(H,17,18,23). The molecule has 0 aliphatic carbocycles. The molecule has 1 N–H and O–H groups in total. The largest absolute Gasteiger partial charge is 0.376 e. The first kappa shape index (κ1) is 22.2. The van der Waals surface area contributed by atoms with Crippen LogP contribution in [0.3, 0.4) is 0 Å². The van der Waals surface area contributed by atoms with Crippen LogP contribution in [0.2, 0.25) is 0 Å². The van der Waals surface area contributed by atoms with E-state index in [1.165, 1.54) is 5.38 Å². The summed E-state index contributed by atoms with van der Waals surface area (Å²) in [4.78, 5) is 52.9. The van der Waals surface area contributed by atoms with Crippen LogP contribution in [0, 0.1) is 10.1 Å². The summed E-state index contributed by atoms with van der Waals surface area (Å²) in [5, 5.41) is 14.6. The molecule has 0 saturated carbocycles. The first-order valence-corrected chi connectivity index (χ1v) is 10.4. The number of aromatic nitrogens is 1. The van der Waals surface area contributed by atoms with E-state index in [0.717, 1.165) is 11.3 Å². The monoisotopic (exact) mass is 429 g/mol. The van der Waals surface area contributed by atoms with Gasteiger partial charge < -0.3 is 15.0 Å². The Balaban J connectivity index is 1.65. The van der Waals surface area contributed by atoms with Crippen molar-refractivity contribution in [1.29, 1.82) is 0 Å². The third kappa shape index (κ3) is 7.17. The first-order chi connectivity index (χ1) is 13.4. The Bertz CT molecular complexity index is 718. The van der Waals surface area contributed by atoms with Crippen molar-refractivity contribution in [2.45, 2.75) is 25.7 Å². The van der Waals surface area contributed by atoms with E-state index in [1.807, 2.05) is 4.90 Å². The second-order valence-corrected chi connectivity index (χ2v) is 7.55. The van der Waals surface area contributed by atoms with Gasteiger partial charge in [0, 0.05) is 44.8 Å². The molecule has 28 heavy (non-hydrogen) atoms. The van der Waals surface area contributed by atoms with Crippen LogP contribution >= 0.6 is 24.0 Å². The van der Waals surface area contributed by atoms with Crippen molar-refractivity contribution in [3.8, 4) is 0 Å². The summed E-state index contributed by atoms with van der Waals surface area (Å²) in [6, 6.07) is 0. The third-order valence-electron chi connectivity index (χ3n) is 4.29. The molecule has 1 aliphatic heterocycles. The number of amides is 2. The molecule has 12 heteroatoms. The molecule has 2 heterocycles. The highest BCUT2D eigenvalue weighted by Crippen LogP contribution is 2.20. The van der Waals surface area contributed by atoms with Crippen LogP contribution in [0.5, 0.6) is 0 Å². The van der Waals surface area contributed by atoms with Gasteiger partial charge in [-0.05, 0) is 22.7 Å². The van der Waals surface area contributed by atoms with Gasteiger partial charge in [0.25, 0.3) is 0 Å². The number of nitrogens with one attached hydrogen (secondary N) is 1. The maximum atomic E-state index is 12.2. The Hall–Kier alpha value is -2.05. The first-order valence-electron chi connectivity index (χ1n) is 8.91. The van der Waals surface area contributed by atoms with Gasteiger partial charge in [0.2, 0.25) is 11.8 Å². The molecule has 1 aromatic heterocycles. The number of thiol groups is 1. The number of hydrogen-bond acceptors (Lipinski definition) is 9. The molecule has 1 fully saturated rings. The average molecular weight is 430 g/mol. The zero-order valence-electron chi connectivity index (χ0n) is 15.3. The summed E-state index contributed by atoms with van der Waals surface area (Å²) < 4.78 is 0. The molecule has 2 rings (SSSR count). The maximum absolute atomic E-state index is 12.2. The zero-order valence-corrected chi connectivity index (χ0v) is 17.0. The fourth-order valence-electron chi connectivity index (χ4n) is 2.76. The molecule has 1 aromatic rings. The van der Waals surface area contributed by atoms with Gasteiger partial charge in [-0.1, -0.05) is 11.3 Å². The van der Waals surface area contributed by atoms with Crippen molar-refractivity contribution in [2.24, 2.45) is 0 Å². The topological polar surface area (TPSA) is 126 Å². The van der Waals surface area contributed by atoms with E-state index in [0.29, 0.717) is 51.9 Å². The number of hydrogen-bond donors (Lipinski definition) is 2. The van der Waals surface area contributed by atoms with Crippen molar-refractivity contribution < 1.29 is 19.3 Å². The number of rotatable bonds is 10. The molecule has 0 radical (unpaired) electrons. The van der Waals surface area contributed by atoms with Crippen molar-refractivity contribution in [3.05, 3.63) is 15.5 Å². The smallest absolute Gasteiger partial charge is 0.358 e. The number of anilines is 1. The lowest BCUT2D eigenvalue weighted by molar-refractivity contribution is -0.389. The second-order valence-electron chi connectivity index (χ2n) is 6.38. The van der Waals surface area contributed by atoms with Crippen LogP contribution in [0.4, 0.5) is 10.9 Å². The number of carbonyl (C=O) groups excluding carboxylic acids is 3. The molecule has 0 aromatic carbocycles. The van der Waals surface area contributed by atoms with E-state index in [-0.39, 0.29) is 40.8 Å². The normalized spacial score (nSPS) is 14.7. The average Bonchev–Trinajstić information content (AvgIpc) is 3.14. The van der Waals surface area contributed by atoms with Gasteiger partial charge in [0.05, 0.1) is 11.9 Å². The van der Waals surface area contributed by atoms with E-state index in [1.54, 1.807) is 4.90 Å². The van der Waals surface area contributed by atoms with Gasteiger partial charge in [0.15, 0.2) is 0 Å². The number of nitrogens with zero attached hydrogens (tertiary/aromatic N) is 4. The van der Waals surface area contributed by atoms with Crippen LogP contribution in [0.15, 0.2) is 5.38 Å².